The predicted octanol–water partition coefficient (Wildman–Crippen LogP) is 5.05. The number of hydrogen-bond acceptors (Lipinski definition) is 4. The van der Waals surface area contributed by atoms with Crippen molar-refractivity contribution in [2.45, 2.75) is 25.5 Å². The van der Waals surface area contributed by atoms with E-state index in [1.807, 2.05) is 77.7 Å². The highest BCUT2D eigenvalue weighted by Crippen LogP contribution is 2.33. The molecule has 4 rings (SSSR count). The summed E-state index contributed by atoms with van der Waals surface area (Å²) in [6.45, 7) is 1.20. The molecular formula is C26H26N2O3. The van der Waals surface area contributed by atoms with Crippen LogP contribution >= 0.6 is 0 Å². The SMILES string of the molecule is COc1ccc(C2CCCN2C(=O)/C=C/c2ccc(OCc3ccccn3)cc2)cc1. The molecule has 0 aliphatic carbocycles. The fraction of sp³-hybridized carbons (Fsp3) is 0.231. The molecule has 0 N–H and O–H groups in total. The average molecular weight is 415 g/mol. The maximum absolute atomic E-state index is 12.8. The van der Waals surface area contributed by atoms with Crippen LogP contribution in [0.25, 0.3) is 6.08 Å². The Bertz CT molecular complexity index is 1010. The van der Waals surface area contributed by atoms with E-state index in [-0.39, 0.29) is 11.9 Å². The number of likely N-dealkylation sites (tertiary alicyclic amines) is 1. The van der Waals surface area contributed by atoms with Gasteiger partial charge in [-0.25, -0.2) is 0 Å². The van der Waals surface area contributed by atoms with Gasteiger partial charge in [-0.1, -0.05) is 30.3 Å². The Morgan fingerprint density at radius 3 is 2.55 bits per heavy atom. The minimum Gasteiger partial charge on any atom is -0.497 e. The molecule has 1 saturated heterocycles. The normalized spacial score (nSPS) is 15.9. The lowest BCUT2D eigenvalue weighted by molar-refractivity contribution is -0.126. The molecule has 2 aromatic carbocycles. The van der Waals surface area contributed by atoms with E-state index in [0.717, 1.165) is 47.7 Å². The van der Waals surface area contributed by atoms with Gasteiger partial charge in [-0.3, -0.25) is 9.78 Å². The van der Waals surface area contributed by atoms with Crippen LogP contribution in [0.2, 0.25) is 0 Å². The van der Waals surface area contributed by atoms with Crippen molar-refractivity contribution in [3.8, 4) is 11.5 Å². The molecule has 3 aromatic rings. The third-order valence-corrected chi connectivity index (χ3v) is 5.45. The second-order valence-corrected chi connectivity index (χ2v) is 7.47. The summed E-state index contributed by atoms with van der Waals surface area (Å²) in [5, 5.41) is 0. The number of nitrogens with zero attached hydrogens (tertiary/aromatic N) is 2. The monoisotopic (exact) mass is 414 g/mol. The number of benzene rings is 2. The molecule has 5 nitrogen and oxygen atoms in total. The van der Waals surface area contributed by atoms with Gasteiger partial charge in [0.1, 0.15) is 18.1 Å². The highest BCUT2D eigenvalue weighted by Gasteiger charge is 2.28. The van der Waals surface area contributed by atoms with Gasteiger partial charge in [-0.05, 0) is 66.4 Å². The first-order chi connectivity index (χ1) is 15.2. The van der Waals surface area contributed by atoms with Gasteiger partial charge in [0.2, 0.25) is 5.91 Å². The molecule has 0 radical (unpaired) electrons. The summed E-state index contributed by atoms with van der Waals surface area (Å²) in [6.07, 6.45) is 7.26. The van der Waals surface area contributed by atoms with Crippen LogP contribution in [0.5, 0.6) is 11.5 Å². The fourth-order valence-electron chi connectivity index (χ4n) is 3.78. The molecule has 5 heteroatoms. The highest BCUT2D eigenvalue weighted by atomic mass is 16.5. The quantitative estimate of drug-likeness (QED) is 0.508. The van der Waals surface area contributed by atoms with Crippen molar-refractivity contribution in [1.82, 2.24) is 9.88 Å². The third kappa shape index (κ3) is 5.31. The second-order valence-electron chi connectivity index (χ2n) is 7.47. The molecule has 1 aliphatic rings. The summed E-state index contributed by atoms with van der Waals surface area (Å²) in [4.78, 5) is 19.0. The number of ether oxygens (including phenoxy) is 2. The summed E-state index contributed by atoms with van der Waals surface area (Å²) in [7, 11) is 1.66. The summed E-state index contributed by atoms with van der Waals surface area (Å²) < 4.78 is 11.0. The van der Waals surface area contributed by atoms with Gasteiger partial charge in [0.25, 0.3) is 0 Å². The van der Waals surface area contributed by atoms with Crippen molar-refractivity contribution < 1.29 is 14.3 Å². The van der Waals surface area contributed by atoms with Crippen molar-refractivity contribution in [3.63, 3.8) is 0 Å². The summed E-state index contributed by atoms with van der Waals surface area (Å²) in [5.41, 5.74) is 2.99. The number of carbonyl (C=O) groups is 1. The van der Waals surface area contributed by atoms with E-state index in [0.29, 0.717) is 6.61 Å². The summed E-state index contributed by atoms with van der Waals surface area (Å²) >= 11 is 0. The molecule has 1 unspecified atom stereocenters. The molecule has 1 aliphatic heterocycles. The van der Waals surface area contributed by atoms with E-state index in [1.54, 1.807) is 19.4 Å². The maximum atomic E-state index is 12.8. The van der Waals surface area contributed by atoms with Crippen LogP contribution in [-0.2, 0) is 11.4 Å². The fourth-order valence-corrected chi connectivity index (χ4v) is 3.78. The van der Waals surface area contributed by atoms with Crippen molar-refractivity contribution in [3.05, 3.63) is 95.8 Å². The van der Waals surface area contributed by atoms with E-state index in [2.05, 4.69) is 4.98 Å². The van der Waals surface area contributed by atoms with Gasteiger partial charge < -0.3 is 14.4 Å². The van der Waals surface area contributed by atoms with Crippen molar-refractivity contribution >= 4 is 12.0 Å². The molecule has 31 heavy (non-hydrogen) atoms. The number of rotatable bonds is 7. The minimum absolute atomic E-state index is 0.0359. The van der Waals surface area contributed by atoms with Crippen LogP contribution in [0.4, 0.5) is 0 Å². The first kappa shape index (κ1) is 20.7. The minimum atomic E-state index is 0.0359. The molecule has 1 amide bonds. The lowest BCUT2D eigenvalue weighted by Gasteiger charge is -2.24. The summed E-state index contributed by atoms with van der Waals surface area (Å²) in [6, 6.07) is 21.6. The molecule has 1 aromatic heterocycles. The third-order valence-electron chi connectivity index (χ3n) is 5.45. The Hall–Kier alpha value is -3.60. The van der Waals surface area contributed by atoms with E-state index < -0.39 is 0 Å². The number of pyridine rings is 1. The molecule has 0 spiro atoms. The maximum Gasteiger partial charge on any atom is 0.247 e. The van der Waals surface area contributed by atoms with E-state index in [4.69, 9.17) is 9.47 Å². The zero-order valence-electron chi connectivity index (χ0n) is 17.6. The highest BCUT2D eigenvalue weighted by molar-refractivity contribution is 5.92. The average Bonchev–Trinajstić information content (AvgIpc) is 3.33. The molecular weight excluding hydrogens is 388 g/mol. The second kappa shape index (κ2) is 9.94. The lowest BCUT2D eigenvalue weighted by atomic mass is 10.0. The van der Waals surface area contributed by atoms with E-state index in [1.165, 1.54) is 0 Å². The van der Waals surface area contributed by atoms with Gasteiger partial charge in [0, 0.05) is 18.8 Å². The van der Waals surface area contributed by atoms with Gasteiger partial charge in [0.05, 0.1) is 18.8 Å². The van der Waals surface area contributed by atoms with Gasteiger partial charge in [-0.15, -0.1) is 0 Å². The lowest BCUT2D eigenvalue weighted by Crippen LogP contribution is -2.28. The zero-order valence-corrected chi connectivity index (χ0v) is 17.6. The predicted molar refractivity (Wildman–Crippen MR) is 121 cm³/mol. The Kier molecular flexibility index (Phi) is 6.62. The molecule has 158 valence electrons. The van der Waals surface area contributed by atoms with E-state index >= 15 is 0 Å². The molecule has 1 atom stereocenters. The van der Waals surface area contributed by atoms with Crippen molar-refractivity contribution in [2.24, 2.45) is 0 Å². The topological polar surface area (TPSA) is 51.7 Å². The first-order valence-electron chi connectivity index (χ1n) is 10.5. The molecule has 1 fully saturated rings. The Labute approximate surface area is 183 Å². The van der Waals surface area contributed by atoms with Gasteiger partial charge >= 0.3 is 0 Å². The van der Waals surface area contributed by atoms with Crippen LogP contribution in [0.15, 0.2) is 79.0 Å². The first-order valence-corrected chi connectivity index (χ1v) is 10.5. The molecule has 0 saturated carbocycles. The van der Waals surface area contributed by atoms with Crippen LogP contribution < -0.4 is 9.47 Å². The van der Waals surface area contributed by atoms with Crippen molar-refractivity contribution in [1.29, 1.82) is 0 Å². The number of methoxy groups -OCH3 is 1. The number of aromatic nitrogens is 1. The van der Waals surface area contributed by atoms with Crippen LogP contribution in [0.3, 0.4) is 0 Å². The van der Waals surface area contributed by atoms with E-state index in [9.17, 15) is 4.79 Å². The number of amides is 1. The van der Waals surface area contributed by atoms with Crippen molar-refractivity contribution in [2.75, 3.05) is 13.7 Å². The van der Waals surface area contributed by atoms with Crippen LogP contribution in [0.1, 0.15) is 35.7 Å². The Morgan fingerprint density at radius 1 is 1.06 bits per heavy atom. The number of carbonyl (C=O) groups excluding carboxylic acids is 1. The number of hydrogen-bond donors (Lipinski definition) is 0. The Balaban J connectivity index is 1.35. The van der Waals surface area contributed by atoms with Crippen LogP contribution in [0, 0.1) is 0 Å². The van der Waals surface area contributed by atoms with Gasteiger partial charge in [0.15, 0.2) is 0 Å². The van der Waals surface area contributed by atoms with Gasteiger partial charge in [-0.2, -0.15) is 0 Å². The standard InChI is InChI=1S/C26H26N2O3/c1-30-23-14-10-21(11-15-23)25-6-4-18-28(25)26(29)16-9-20-7-12-24(13-8-20)31-19-22-5-2-3-17-27-22/h2-3,5,7-17,25H,4,6,18-19H2,1H3/b16-9+. The molecule has 0 bridgehead atoms. The molecule has 2 heterocycles. The van der Waals surface area contributed by atoms with Crippen LogP contribution in [-0.4, -0.2) is 29.4 Å². The summed E-state index contributed by atoms with van der Waals surface area (Å²) in [5.74, 6) is 1.63. The largest absolute Gasteiger partial charge is 0.497 e. The smallest absolute Gasteiger partial charge is 0.247 e. The zero-order chi connectivity index (χ0) is 21.5. The Morgan fingerprint density at radius 2 is 1.84 bits per heavy atom.